The molecule has 0 aliphatic carbocycles. The third-order valence-corrected chi connectivity index (χ3v) is 4.87. The highest BCUT2D eigenvalue weighted by Gasteiger charge is 2.20. The first-order valence-electron chi connectivity index (χ1n) is 8.67. The molecule has 0 spiro atoms. The molecule has 3 nitrogen and oxygen atoms in total. The molecule has 0 bridgehead atoms. The number of benzene rings is 2. The summed E-state index contributed by atoms with van der Waals surface area (Å²) in [4.78, 5) is 16.8. The lowest BCUT2D eigenvalue weighted by Gasteiger charge is -2.34. The van der Waals surface area contributed by atoms with Crippen molar-refractivity contribution in [3.63, 3.8) is 0 Å². The number of nitrogens with zero attached hydrogens (tertiary/aromatic N) is 2. The van der Waals surface area contributed by atoms with Crippen LogP contribution in [-0.2, 0) is 11.2 Å². The van der Waals surface area contributed by atoms with Crippen molar-refractivity contribution >= 4 is 23.6 Å². The van der Waals surface area contributed by atoms with Crippen LogP contribution in [-0.4, -0.2) is 48.4 Å². The van der Waals surface area contributed by atoms with Gasteiger partial charge >= 0.3 is 0 Å². The highest BCUT2D eigenvalue weighted by Crippen LogP contribution is 2.16. The van der Waals surface area contributed by atoms with Crippen LogP contribution >= 0.6 is 11.6 Å². The Labute approximate surface area is 154 Å². The molecule has 0 atom stereocenters. The highest BCUT2D eigenvalue weighted by atomic mass is 35.5. The van der Waals surface area contributed by atoms with E-state index in [0.29, 0.717) is 11.4 Å². The lowest BCUT2D eigenvalue weighted by molar-refractivity contribution is -0.132. The zero-order chi connectivity index (χ0) is 17.5. The van der Waals surface area contributed by atoms with Crippen LogP contribution in [0.15, 0.2) is 60.7 Å². The minimum Gasteiger partial charge on any atom is -0.340 e. The van der Waals surface area contributed by atoms with Crippen LogP contribution in [0.5, 0.6) is 0 Å². The Hall–Kier alpha value is -2.10. The molecular weight excluding hydrogens is 332 g/mol. The molecule has 1 aliphatic rings. The molecule has 1 amide bonds. The molecular formula is C21H23ClN2O. The Morgan fingerprint density at radius 3 is 2.36 bits per heavy atom. The number of amides is 1. The van der Waals surface area contributed by atoms with Gasteiger partial charge < -0.3 is 4.90 Å². The van der Waals surface area contributed by atoms with Crippen molar-refractivity contribution in [2.75, 3.05) is 32.7 Å². The van der Waals surface area contributed by atoms with Crippen molar-refractivity contribution in [1.29, 1.82) is 0 Å². The molecule has 0 aromatic heterocycles. The summed E-state index contributed by atoms with van der Waals surface area (Å²) < 4.78 is 0. The number of carbonyl (C=O) groups excluding carboxylic acids is 1. The van der Waals surface area contributed by atoms with Gasteiger partial charge in [0.2, 0.25) is 5.91 Å². The standard InChI is InChI=1S/C21H23ClN2O/c22-20-11-5-4-10-19(20)17-21(25)24-15-13-23(14-16-24)12-6-9-18-7-2-1-3-8-18/h1-11H,12-17H2/b9-6+. The first kappa shape index (κ1) is 17.7. The number of halogens is 1. The second-order valence-electron chi connectivity index (χ2n) is 6.26. The summed E-state index contributed by atoms with van der Waals surface area (Å²) >= 11 is 6.15. The summed E-state index contributed by atoms with van der Waals surface area (Å²) in [6.07, 6.45) is 4.72. The van der Waals surface area contributed by atoms with Crippen molar-refractivity contribution in [3.05, 3.63) is 76.8 Å². The quantitative estimate of drug-likeness (QED) is 0.816. The van der Waals surface area contributed by atoms with Crippen LogP contribution in [0.1, 0.15) is 11.1 Å². The molecule has 0 unspecified atom stereocenters. The molecule has 1 saturated heterocycles. The monoisotopic (exact) mass is 354 g/mol. The van der Waals surface area contributed by atoms with Gasteiger partial charge in [-0.15, -0.1) is 0 Å². The van der Waals surface area contributed by atoms with Gasteiger partial charge in [0.15, 0.2) is 0 Å². The molecule has 4 heteroatoms. The van der Waals surface area contributed by atoms with Crippen molar-refractivity contribution in [3.8, 4) is 0 Å². The van der Waals surface area contributed by atoms with E-state index in [1.807, 2.05) is 47.4 Å². The van der Waals surface area contributed by atoms with Crippen LogP contribution in [0.25, 0.3) is 6.08 Å². The molecule has 0 N–H and O–H groups in total. The van der Waals surface area contributed by atoms with Crippen LogP contribution < -0.4 is 0 Å². The summed E-state index contributed by atoms with van der Waals surface area (Å²) in [6.45, 7) is 4.30. The zero-order valence-corrected chi connectivity index (χ0v) is 15.0. The third-order valence-electron chi connectivity index (χ3n) is 4.50. The van der Waals surface area contributed by atoms with E-state index in [2.05, 4.69) is 29.2 Å². The van der Waals surface area contributed by atoms with Gasteiger partial charge in [0, 0.05) is 37.7 Å². The second kappa shape index (κ2) is 8.84. The normalized spacial score (nSPS) is 15.6. The minimum atomic E-state index is 0.160. The van der Waals surface area contributed by atoms with Gasteiger partial charge in [0.25, 0.3) is 0 Å². The number of rotatable bonds is 5. The Kier molecular flexibility index (Phi) is 6.26. The van der Waals surface area contributed by atoms with Crippen LogP contribution in [0.4, 0.5) is 0 Å². The Morgan fingerprint density at radius 2 is 1.64 bits per heavy atom. The maximum Gasteiger partial charge on any atom is 0.227 e. The molecule has 130 valence electrons. The number of hydrogen-bond acceptors (Lipinski definition) is 2. The van der Waals surface area contributed by atoms with E-state index in [1.165, 1.54) is 5.56 Å². The summed E-state index contributed by atoms with van der Waals surface area (Å²) in [5, 5.41) is 0.667. The highest BCUT2D eigenvalue weighted by molar-refractivity contribution is 6.31. The van der Waals surface area contributed by atoms with E-state index >= 15 is 0 Å². The topological polar surface area (TPSA) is 23.6 Å². The van der Waals surface area contributed by atoms with Gasteiger partial charge in [-0.1, -0.05) is 72.3 Å². The van der Waals surface area contributed by atoms with E-state index < -0.39 is 0 Å². The maximum atomic E-state index is 12.5. The number of piperazine rings is 1. The zero-order valence-electron chi connectivity index (χ0n) is 14.3. The lowest BCUT2D eigenvalue weighted by atomic mass is 10.1. The Bertz CT molecular complexity index is 722. The van der Waals surface area contributed by atoms with Gasteiger partial charge in [-0.25, -0.2) is 0 Å². The predicted octanol–water partition coefficient (Wildman–Crippen LogP) is 3.74. The molecule has 1 aliphatic heterocycles. The fourth-order valence-electron chi connectivity index (χ4n) is 3.00. The van der Waals surface area contributed by atoms with Gasteiger partial charge in [-0.2, -0.15) is 0 Å². The third kappa shape index (κ3) is 5.18. The van der Waals surface area contributed by atoms with Crippen LogP contribution in [0, 0.1) is 0 Å². The summed E-state index contributed by atoms with van der Waals surface area (Å²) in [5.41, 5.74) is 2.12. The summed E-state index contributed by atoms with van der Waals surface area (Å²) in [6, 6.07) is 17.9. The molecule has 2 aromatic rings. The van der Waals surface area contributed by atoms with Crippen LogP contribution in [0.3, 0.4) is 0 Å². The maximum absolute atomic E-state index is 12.5. The SMILES string of the molecule is O=C(Cc1ccccc1Cl)N1CCN(C/C=C/c2ccccc2)CC1. The van der Waals surface area contributed by atoms with E-state index in [4.69, 9.17) is 11.6 Å². The van der Waals surface area contributed by atoms with E-state index in [0.717, 1.165) is 38.3 Å². The van der Waals surface area contributed by atoms with Crippen LogP contribution in [0.2, 0.25) is 5.02 Å². The molecule has 2 aromatic carbocycles. The smallest absolute Gasteiger partial charge is 0.227 e. The molecule has 1 heterocycles. The van der Waals surface area contributed by atoms with Crippen molar-refractivity contribution in [1.82, 2.24) is 9.80 Å². The molecule has 0 radical (unpaired) electrons. The average Bonchev–Trinajstić information content (AvgIpc) is 2.65. The minimum absolute atomic E-state index is 0.160. The largest absolute Gasteiger partial charge is 0.340 e. The molecule has 3 rings (SSSR count). The summed E-state index contributed by atoms with van der Waals surface area (Å²) in [5.74, 6) is 0.160. The van der Waals surface area contributed by atoms with Gasteiger partial charge in [0.1, 0.15) is 0 Å². The lowest BCUT2D eigenvalue weighted by Crippen LogP contribution is -2.49. The van der Waals surface area contributed by atoms with Gasteiger partial charge in [0.05, 0.1) is 6.42 Å². The summed E-state index contributed by atoms with van der Waals surface area (Å²) in [7, 11) is 0. The fourth-order valence-corrected chi connectivity index (χ4v) is 3.20. The number of carbonyl (C=O) groups is 1. The predicted molar refractivity (Wildman–Crippen MR) is 104 cm³/mol. The van der Waals surface area contributed by atoms with E-state index in [-0.39, 0.29) is 5.91 Å². The average molecular weight is 355 g/mol. The molecule has 25 heavy (non-hydrogen) atoms. The Morgan fingerprint density at radius 1 is 0.960 bits per heavy atom. The van der Waals surface area contributed by atoms with Gasteiger partial charge in [-0.3, -0.25) is 9.69 Å². The second-order valence-corrected chi connectivity index (χ2v) is 6.67. The Balaban J connectivity index is 1.44. The van der Waals surface area contributed by atoms with Crippen molar-refractivity contribution in [2.24, 2.45) is 0 Å². The first-order valence-corrected chi connectivity index (χ1v) is 9.05. The number of hydrogen-bond donors (Lipinski definition) is 0. The van der Waals surface area contributed by atoms with Crippen molar-refractivity contribution < 1.29 is 4.79 Å². The van der Waals surface area contributed by atoms with Gasteiger partial charge in [-0.05, 0) is 17.2 Å². The van der Waals surface area contributed by atoms with Crippen molar-refractivity contribution in [2.45, 2.75) is 6.42 Å². The fraction of sp³-hybridized carbons (Fsp3) is 0.286. The molecule has 1 fully saturated rings. The van der Waals surface area contributed by atoms with E-state index in [9.17, 15) is 4.79 Å². The van der Waals surface area contributed by atoms with E-state index in [1.54, 1.807) is 0 Å². The molecule has 0 saturated carbocycles. The first-order chi connectivity index (χ1) is 12.2.